The molecule has 7 nitrogen and oxygen atoms in total. The van der Waals surface area contributed by atoms with E-state index in [1.54, 1.807) is 19.5 Å². The maximum absolute atomic E-state index is 12.8. The fourth-order valence-corrected chi connectivity index (χ4v) is 4.03. The molecule has 27 heavy (non-hydrogen) atoms. The van der Waals surface area contributed by atoms with E-state index in [-0.39, 0.29) is 23.1 Å². The molecule has 2 amide bonds. The van der Waals surface area contributed by atoms with Crippen LogP contribution in [0.2, 0.25) is 0 Å². The number of piperidine rings is 2. The van der Waals surface area contributed by atoms with Crippen LogP contribution in [-0.4, -0.2) is 71.5 Å². The van der Waals surface area contributed by atoms with Crippen LogP contribution in [0.5, 0.6) is 0 Å². The molecule has 1 aromatic rings. The monoisotopic (exact) mass is 374 g/mol. The van der Waals surface area contributed by atoms with E-state index in [1.807, 2.05) is 23.6 Å². The van der Waals surface area contributed by atoms with E-state index < -0.39 is 0 Å². The molecular formula is C20H30N4O3. The number of ether oxygens (including phenoxy) is 1. The number of rotatable bonds is 5. The first-order chi connectivity index (χ1) is 12.9. The second-order valence-corrected chi connectivity index (χ2v) is 8.08. The van der Waals surface area contributed by atoms with Crippen molar-refractivity contribution in [2.24, 2.45) is 5.41 Å². The van der Waals surface area contributed by atoms with Gasteiger partial charge in [-0.05, 0) is 24.7 Å². The molecule has 2 fully saturated rings. The molecule has 2 saturated heterocycles. The maximum atomic E-state index is 12.8. The molecule has 2 aliphatic heterocycles. The van der Waals surface area contributed by atoms with Crippen LogP contribution in [0.15, 0.2) is 12.4 Å². The van der Waals surface area contributed by atoms with Crippen molar-refractivity contribution in [3.8, 4) is 0 Å². The van der Waals surface area contributed by atoms with Crippen LogP contribution in [0.3, 0.4) is 0 Å². The number of carbonyl (C=O) groups is 2. The van der Waals surface area contributed by atoms with E-state index in [2.05, 4.69) is 9.97 Å². The van der Waals surface area contributed by atoms with E-state index in [4.69, 9.17) is 4.74 Å². The van der Waals surface area contributed by atoms with Crippen molar-refractivity contribution in [2.75, 3.05) is 39.9 Å². The molecule has 1 spiro atoms. The zero-order chi connectivity index (χ0) is 19.4. The number of hydrogen-bond acceptors (Lipinski definition) is 5. The quantitative estimate of drug-likeness (QED) is 0.789. The average molecular weight is 374 g/mol. The Kier molecular flexibility index (Phi) is 6.09. The molecule has 0 aromatic carbocycles. The Labute approximate surface area is 161 Å². The third-order valence-corrected chi connectivity index (χ3v) is 5.86. The molecule has 3 rings (SSSR count). The summed E-state index contributed by atoms with van der Waals surface area (Å²) in [4.78, 5) is 37.4. The predicted octanol–water partition coefficient (Wildman–Crippen LogP) is 2.09. The van der Waals surface area contributed by atoms with Gasteiger partial charge in [-0.15, -0.1) is 0 Å². The molecule has 0 aliphatic carbocycles. The van der Waals surface area contributed by atoms with Crippen LogP contribution in [0.4, 0.5) is 0 Å². The normalized spacial score (nSPS) is 19.8. The van der Waals surface area contributed by atoms with E-state index in [1.165, 1.54) is 0 Å². The van der Waals surface area contributed by atoms with Crippen molar-refractivity contribution in [1.82, 2.24) is 19.8 Å². The first kappa shape index (κ1) is 19.7. The van der Waals surface area contributed by atoms with Crippen molar-refractivity contribution in [2.45, 2.75) is 45.4 Å². The van der Waals surface area contributed by atoms with Crippen molar-refractivity contribution in [3.63, 3.8) is 0 Å². The summed E-state index contributed by atoms with van der Waals surface area (Å²) in [7, 11) is 1.66. The highest BCUT2D eigenvalue weighted by Crippen LogP contribution is 2.40. The van der Waals surface area contributed by atoms with Gasteiger partial charge in [0.2, 0.25) is 5.91 Å². The van der Waals surface area contributed by atoms with Crippen LogP contribution in [0, 0.1) is 5.41 Å². The van der Waals surface area contributed by atoms with Gasteiger partial charge in [0.15, 0.2) is 0 Å². The Hall–Kier alpha value is -2.02. The third kappa shape index (κ3) is 4.46. The minimum absolute atomic E-state index is 0.00304. The van der Waals surface area contributed by atoms with Crippen LogP contribution in [-0.2, 0) is 9.53 Å². The summed E-state index contributed by atoms with van der Waals surface area (Å²) in [6, 6.07) is 0. The molecular weight excluding hydrogens is 344 g/mol. The second-order valence-electron chi connectivity index (χ2n) is 8.08. The van der Waals surface area contributed by atoms with Gasteiger partial charge in [-0.1, -0.05) is 13.8 Å². The summed E-state index contributed by atoms with van der Waals surface area (Å²) in [6.07, 6.45) is 6.66. The van der Waals surface area contributed by atoms with E-state index in [9.17, 15) is 9.59 Å². The van der Waals surface area contributed by atoms with Gasteiger partial charge in [0.1, 0.15) is 5.82 Å². The highest BCUT2D eigenvalue weighted by atomic mass is 16.5. The Morgan fingerprint density at radius 1 is 1.22 bits per heavy atom. The summed E-state index contributed by atoms with van der Waals surface area (Å²) in [5.41, 5.74) is 0.687. The Morgan fingerprint density at radius 2 is 1.89 bits per heavy atom. The fourth-order valence-electron chi connectivity index (χ4n) is 4.03. The molecule has 0 saturated carbocycles. The lowest BCUT2D eigenvalue weighted by Crippen LogP contribution is -2.52. The molecule has 0 unspecified atom stereocenters. The number of amides is 2. The first-order valence-corrected chi connectivity index (χ1v) is 9.82. The average Bonchev–Trinajstić information content (AvgIpc) is 2.69. The van der Waals surface area contributed by atoms with Crippen molar-refractivity contribution >= 4 is 11.8 Å². The molecule has 2 aliphatic rings. The largest absolute Gasteiger partial charge is 0.383 e. The van der Waals surface area contributed by atoms with Crippen LogP contribution < -0.4 is 0 Å². The number of likely N-dealkylation sites (tertiary alicyclic amines) is 2. The summed E-state index contributed by atoms with van der Waals surface area (Å²) >= 11 is 0. The van der Waals surface area contributed by atoms with Gasteiger partial charge < -0.3 is 14.5 Å². The van der Waals surface area contributed by atoms with Gasteiger partial charge in [0, 0.05) is 58.0 Å². The number of aromatic nitrogens is 2. The van der Waals surface area contributed by atoms with Crippen LogP contribution in [0.25, 0.3) is 0 Å². The predicted molar refractivity (Wildman–Crippen MR) is 101 cm³/mol. The molecule has 0 radical (unpaired) electrons. The third-order valence-electron chi connectivity index (χ3n) is 5.86. The number of carbonyl (C=O) groups excluding carboxylic acids is 2. The zero-order valence-corrected chi connectivity index (χ0v) is 16.6. The summed E-state index contributed by atoms with van der Waals surface area (Å²) in [5, 5.41) is 0. The second kappa shape index (κ2) is 8.33. The maximum Gasteiger partial charge on any atom is 0.256 e. The molecule has 3 heterocycles. The smallest absolute Gasteiger partial charge is 0.256 e. The Balaban J connectivity index is 1.59. The Morgan fingerprint density at radius 3 is 2.48 bits per heavy atom. The lowest BCUT2D eigenvalue weighted by Gasteiger charge is -2.47. The standard InChI is InChI=1S/C20H30N4O3/c1-15(2)18-21-12-16(13-22-18)19(26)23-8-6-20(7-9-23)5-4-17(25)24(14-20)10-11-27-3/h12-13,15H,4-11,14H2,1-3H3. The molecule has 0 bridgehead atoms. The fraction of sp³-hybridized carbons (Fsp3) is 0.700. The van der Waals surface area contributed by atoms with Gasteiger partial charge in [0.25, 0.3) is 5.91 Å². The zero-order valence-electron chi connectivity index (χ0n) is 16.6. The molecule has 7 heteroatoms. The summed E-state index contributed by atoms with van der Waals surface area (Å²) < 4.78 is 5.13. The number of nitrogens with zero attached hydrogens (tertiary/aromatic N) is 4. The minimum atomic E-state index is 0.00304. The van der Waals surface area contributed by atoms with Gasteiger partial charge in [0.05, 0.1) is 12.2 Å². The van der Waals surface area contributed by atoms with Crippen LogP contribution >= 0.6 is 0 Å². The number of hydrogen-bond donors (Lipinski definition) is 0. The number of methoxy groups -OCH3 is 1. The van der Waals surface area contributed by atoms with Gasteiger partial charge in [-0.2, -0.15) is 0 Å². The van der Waals surface area contributed by atoms with Gasteiger partial charge in [-0.25, -0.2) is 9.97 Å². The summed E-state index contributed by atoms with van der Waals surface area (Å²) in [6.45, 7) is 7.51. The highest BCUT2D eigenvalue weighted by Gasteiger charge is 2.41. The lowest BCUT2D eigenvalue weighted by atomic mass is 9.72. The molecule has 0 N–H and O–H groups in total. The SMILES string of the molecule is COCCN1CC2(CCC1=O)CCN(C(=O)c1cnc(C(C)C)nc1)CC2. The van der Waals surface area contributed by atoms with E-state index in [0.717, 1.165) is 44.7 Å². The van der Waals surface area contributed by atoms with Crippen molar-refractivity contribution in [3.05, 3.63) is 23.8 Å². The topological polar surface area (TPSA) is 75.6 Å². The highest BCUT2D eigenvalue weighted by molar-refractivity contribution is 5.93. The lowest BCUT2D eigenvalue weighted by molar-refractivity contribution is -0.139. The van der Waals surface area contributed by atoms with E-state index in [0.29, 0.717) is 25.1 Å². The molecule has 148 valence electrons. The van der Waals surface area contributed by atoms with Crippen LogP contribution in [0.1, 0.15) is 61.6 Å². The van der Waals surface area contributed by atoms with Gasteiger partial charge in [-0.3, -0.25) is 9.59 Å². The first-order valence-electron chi connectivity index (χ1n) is 9.82. The minimum Gasteiger partial charge on any atom is -0.383 e. The Bertz CT molecular complexity index is 666. The summed E-state index contributed by atoms with van der Waals surface area (Å²) in [5.74, 6) is 1.23. The van der Waals surface area contributed by atoms with E-state index >= 15 is 0 Å². The van der Waals surface area contributed by atoms with Gasteiger partial charge >= 0.3 is 0 Å². The molecule has 1 aromatic heterocycles. The van der Waals surface area contributed by atoms with Crippen molar-refractivity contribution in [1.29, 1.82) is 0 Å². The van der Waals surface area contributed by atoms with Crippen molar-refractivity contribution < 1.29 is 14.3 Å². The molecule has 0 atom stereocenters.